The van der Waals surface area contributed by atoms with Crippen molar-refractivity contribution in [2.24, 2.45) is 10.9 Å². The van der Waals surface area contributed by atoms with Gasteiger partial charge < -0.3 is 4.90 Å². The van der Waals surface area contributed by atoms with Crippen LogP contribution in [0.4, 0.5) is 0 Å². The fourth-order valence-electron chi connectivity index (χ4n) is 2.35. The van der Waals surface area contributed by atoms with Crippen molar-refractivity contribution in [1.82, 2.24) is 4.90 Å². The molecule has 90 valence electrons. The summed E-state index contributed by atoms with van der Waals surface area (Å²) in [5, 5.41) is 0. The van der Waals surface area contributed by atoms with Crippen LogP contribution in [0.1, 0.15) is 33.1 Å². The average molecular weight is 222 g/mol. The van der Waals surface area contributed by atoms with Crippen molar-refractivity contribution in [2.75, 3.05) is 19.6 Å². The van der Waals surface area contributed by atoms with Gasteiger partial charge in [-0.25, -0.2) is 9.79 Å². The first kappa shape index (κ1) is 13.1. The second kappa shape index (κ2) is 6.62. The van der Waals surface area contributed by atoms with Crippen molar-refractivity contribution in [3.63, 3.8) is 0 Å². The maximum atomic E-state index is 10.0. The van der Waals surface area contributed by atoms with Crippen LogP contribution in [-0.2, 0) is 4.79 Å². The monoisotopic (exact) mass is 222 g/mol. The number of rotatable bonds is 5. The van der Waals surface area contributed by atoms with Crippen LogP contribution in [0.5, 0.6) is 0 Å². The van der Waals surface area contributed by atoms with E-state index in [4.69, 9.17) is 0 Å². The third kappa shape index (κ3) is 4.30. The van der Waals surface area contributed by atoms with Crippen molar-refractivity contribution in [1.29, 1.82) is 0 Å². The molecule has 1 heterocycles. The maximum absolute atomic E-state index is 10.0. The lowest BCUT2D eigenvalue weighted by Crippen LogP contribution is -2.40. The number of aliphatic imine (C=N–C) groups is 1. The normalized spacial score (nSPS) is 21.8. The van der Waals surface area contributed by atoms with E-state index in [0.717, 1.165) is 18.5 Å². The minimum atomic E-state index is 0.446. The molecule has 0 bridgehead atoms. The summed E-state index contributed by atoms with van der Waals surface area (Å²) in [7, 11) is 0. The molecule has 0 amide bonds. The van der Waals surface area contributed by atoms with Crippen molar-refractivity contribution in [2.45, 2.75) is 39.2 Å². The molecule has 1 aliphatic rings. The molecule has 0 saturated carbocycles. The number of hydrogen-bond acceptors (Lipinski definition) is 3. The van der Waals surface area contributed by atoms with E-state index in [0.29, 0.717) is 18.5 Å². The molecule has 0 radical (unpaired) electrons. The van der Waals surface area contributed by atoms with Crippen molar-refractivity contribution >= 4 is 6.08 Å². The molecule has 0 aromatic rings. The van der Waals surface area contributed by atoms with E-state index in [1.54, 1.807) is 6.08 Å². The van der Waals surface area contributed by atoms with Gasteiger partial charge in [0.05, 0.1) is 6.54 Å². The lowest BCUT2D eigenvalue weighted by atomic mass is 9.91. The topological polar surface area (TPSA) is 32.7 Å². The first-order valence-corrected chi connectivity index (χ1v) is 6.07. The summed E-state index contributed by atoms with van der Waals surface area (Å²) in [6, 6.07) is 0.629. The number of hydrogen-bond donors (Lipinski definition) is 0. The molecule has 16 heavy (non-hydrogen) atoms. The zero-order valence-corrected chi connectivity index (χ0v) is 10.4. The minimum Gasteiger partial charge on any atom is -0.301 e. The van der Waals surface area contributed by atoms with Gasteiger partial charge in [-0.1, -0.05) is 12.2 Å². The van der Waals surface area contributed by atoms with Crippen LogP contribution >= 0.6 is 0 Å². The smallest absolute Gasteiger partial charge is 0.235 e. The summed E-state index contributed by atoms with van der Waals surface area (Å²) in [6.45, 7) is 11.3. The fourth-order valence-corrected chi connectivity index (χ4v) is 2.35. The summed E-state index contributed by atoms with van der Waals surface area (Å²) in [5.74, 6) is 0.686. The largest absolute Gasteiger partial charge is 0.301 e. The number of piperidine rings is 1. The lowest BCUT2D eigenvalue weighted by Gasteiger charge is -2.35. The second-order valence-corrected chi connectivity index (χ2v) is 4.96. The third-order valence-electron chi connectivity index (χ3n) is 3.23. The van der Waals surface area contributed by atoms with Crippen LogP contribution in [0.15, 0.2) is 17.1 Å². The first-order chi connectivity index (χ1) is 7.63. The summed E-state index contributed by atoms with van der Waals surface area (Å²) >= 11 is 0. The van der Waals surface area contributed by atoms with Crippen LogP contribution in [0, 0.1) is 5.92 Å². The number of nitrogens with zero attached hydrogens (tertiary/aromatic N) is 2. The highest BCUT2D eigenvalue weighted by molar-refractivity contribution is 5.33. The van der Waals surface area contributed by atoms with Crippen molar-refractivity contribution < 1.29 is 4.79 Å². The Morgan fingerprint density at radius 1 is 1.62 bits per heavy atom. The van der Waals surface area contributed by atoms with Crippen LogP contribution in [-0.4, -0.2) is 36.7 Å². The van der Waals surface area contributed by atoms with Crippen LogP contribution in [0.25, 0.3) is 0 Å². The lowest BCUT2D eigenvalue weighted by molar-refractivity contribution is 0.139. The average Bonchev–Trinajstić information content (AvgIpc) is 2.26. The first-order valence-electron chi connectivity index (χ1n) is 6.07. The van der Waals surface area contributed by atoms with E-state index in [2.05, 4.69) is 30.3 Å². The van der Waals surface area contributed by atoms with Gasteiger partial charge in [0.15, 0.2) is 0 Å². The number of likely N-dealkylation sites (tertiary alicyclic amines) is 1. The third-order valence-corrected chi connectivity index (χ3v) is 3.23. The molecule has 0 aromatic carbocycles. The molecule has 3 heteroatoms. The quantitative estimate of drug-likeness (QED) is 0.406. The van der Waals surface area contributed by atoms with Crippen molar-refractivity contribution in [3.8, 4) is 0 Å². The van der Waals surface area contributed by atoms with E-state index in [9.17, 15) is 4.79 Å². The van der Waals surface area contributed by atoms with E-state index in [1.807, 2.05) is 0 Å². The molecule has 3 nitrogen and oxygen atoms in total. The standard InChI is InChI=1S/C13H22N2O/c1-11(2)15-6-4-5-13(9-15)7-12(3)8-14-10-16/h11,13H,3-9H2,1-2H3. The Morgan fingerprint density at radius 2 is 2.38 bits per heavy atom. The Balaban J connectivity index is 2.36. The molecule has 1 atom stereocenters. The molecular weight excluding hydrogens is 200 g/mol. The maximum Gasteiger partial charge on any atom is 0.235 e. The van der Waals surface area contributed by atoms with Gasteiger partial charge in [-0.2, -0.15) is 0 Å². The highest BCUT2D eigenvalue weighted by Gasteiger charge is 2.21. The van der Waals surface area contributed by atoms with Crippen LogP contribution < -0.4 is 0 Å². The highest BCUT2D eigenvalue weighted by atomic mass is 16.1. The van der Waals surface area contributed by atoms with E-state index in [1.165, 1.54) is 19.4 Å². The molecule has 1 fully saturated rings. The molecule has 1 saturated heterocycles. The van der Waals surface area contributed by atoms with Crippen LogP contribution in [0.2, 0.25) is 0 Å². The van der Waals surface area contributed by atoms with Gasteiger partial charge in [0.1, 0.15) is 0 Å². The molecule has 0 N–H and O–H groups in total. The predicted octanol–water partition coefficient (Wildman–Crippen LogP) is 2.39. The fraction of sp³-hybridized carbons (Fsp3) is 0.769. The Bertz CT molecular complexity index is 280. The molecule has 0 aliphatic carbocycles. The summed E-state index contributed by atoms with van der Waals surface area (Å²) in [4.78, 5) is 16.1. The predicted molar refractivity (Wildman–Crippen MR) is 66.2 cm³/mol. The van der Waals surface area contributed by atoms with Gasteiger partial charge in [-0.15, -0.1) is 0 Å². The minimum absolute atomic E-state index is 0.446. The van der Waals surface area contributed by atoms with Gasteiger partial charge in [-0.05, 0) is 45.6 Å². The SMILES string of the molecule is C=C(CN=C=O)CC1CCCN(C(C)C)C1. The Kier molecular flexibility index (Phi) is 5.44. The van der Waals surface area contributed by atoms with E-state index >= 15 is 0 Å². The van der Waals surface area contributed by atoms with Gasteiger partial charge in [0.25, 0.3) is 0 Å². The molecular formula is C13H22N2O. The Hall–Kier alpha value is -0.920. The molecule has 1 aliphatic heterocycles. The van der Waals surface area contributed by atoms with E-state index < -0.39 is 0 Å². The summed E-state index contributed by atoms with van der Waals surface area (Å²) in [5.41, 5.74) is 1.05. The van der Waals surface area contributed by atoms with Crippen LogP contribution in [0.3, 0.4) is 0 Å². The summed E-state index contributed by atoms with van der Waals surface area (Å²) < 4.78 is 0. The van der Waals surface area contributed by atoms with Gasteiger partial charge in [0, 0.05) is 12.6 Å². The number of isocyanates is 1. The summed E-state index contributed by atoms with van der Waals surface area (Å²) in [6.07, 6.45) is 5.10. The highest BCUT2D eigenvalue weighted by Crippen LogP contribution is 2.23. The zero-order valence-electron chi connectivity index (χ0n) is 10.4. The van der Waals surface area contributed by atoms with Crippen molar-refractivity contribution in [3.05, 3.63) is 12.2 Å². The second-order valence-electron chi connectivity index (χ2n) is 4.96. The van der Waals surface area contributed by atoms with Gasteiger partial charge >= 0.3 is 0 Å². The Morgan fingerprint density at radius 3 is 3.00 bits per heavy atom. The number of carbonyl (C=O) groups excluding carboxylic acids is 1. The molecule has 1 rings (SSSR count). The van der Waals surface area contributed by atoms with Gasteiger partial charge in [0.2, 0.25) is 6.08 Å². The van der Waals surface area contributed by atoms with Gasteiger partial charge in [-0.3, -0.25) is 0 Å². The molecule has 1 unspecified atom stereocenters. The zero-order chi connectivity index (χ0) is 12.0. The molecule has 0 aromatic heterocycles. The Labute approximate surface area is 98.2 Å². The molecule has 0 spiro atoms. The van der Waals surface area contributed by atoms with E-state index in [-0.39, 0.29) is 0 Å².